The van der Waals surface area contributed by atoms with E-state index in [9.17, 15) is 8.78 Å². The molecule has 0 aliphatic carbocycles. The van der Waals surface area contributed by atoms with Crippen molar-refractivity contribution < 1.29 is 18.0 Å². The van der Waals surface area contributed by atoms with Crippen LogP contribution in [-0.2, 0) is 0 Å². The Kier molecular flexibility index (Phi) is 8.54. The number of nitrogens with zero attached hydrogens (tertiary/aromatic N) is 5. The van der Waals surface area contributed by atoms with Crippen LogP contribution >= 0.6 is 0 Å². The summed E-state index contributed by atoms with van der Waals surface area (Å²) >= 11 is 0. The highest BCUT2D eigenvalue weighted by Crippen LogP contribution is 2.34. The molecule has 5 rings (SSSR count). The van der Waals surface area contributed by atoms with E-state index in [4.69, 9.17) is 15.0 Å². The fourth-order valence-electron chi connectivity index (χ4n) is 5.93. The summed E-state index contributed by atoms with van der Waals surface area (Å²) in [6, 6.07) is 5.86. The molecule has 0 saturated carbocycles. The Labute approximate surface area is 234 Å². The van der Waals surface area contributed by atoms with E-state index >= 15 is 0 Å². The normalized spacial score (nSPS) is 20.9. The predicted molar refractivity (Wildman–Crippen MR) is 151 cm³/mol. The van der Waals surface area contributed by atoms with Gasteiger partial charge in [-0.05, 0) is 73.4 Å². The monoisotopic (exact) mass is 554 g/mol. The molecule has 216 valence electrons. The molecule has 0 unspecified atom stereocenters. The summed E-state index contributed by atoms with van der Waals surface area (Å²) in [5.41, 5.74) is 7.63. The van der Waals surface area contributed by atoms with Crippen LogP contribution in [0.2, 0.25) is 0 Å². The molecule has 2 N–H and O–H groups in total. The van der Waals surface area contributed by atoms with Crippen molar-refractivity contribution >= 4 is 11.8 Å². The van der Waals surface area contributed by atoms with Gasteiger partial charge in [0.05, 0.1) is 12.8 Å². The number of hydrogen-bond acceptors (Lipinski definition) is 8. The van der Waals surface area contributed by atoms with Crippen molar-refractivity contribution in [3.63, 3.8) is 0 Å². The molecule has 2 aliphatic heterocycles. The molecule has 3 aromatic rings. The Morgan fingerprint density at radius 3 is 2.58 bits per heavy atom. The molecule has 0 spiro atoms. The zero-order chi connectivity index (χ0) is 28.4. The van der Waals surface area contributed by atoms with Crippen LogP contribution in [0.1, 0.15) is 68.8 Å². The van der Waals surface area contributed by atoms with Gasteiger partial charge >= 0.3 is 6.01 Å². The highest BCUT2D eigenvalue weighted by atomic mass is 19.1. The zero-order valence-electron chi connectivity index (χ0n) is 23.8. The first-order valence-electron chi connectivity index (χ1n) is 14.3. The fraction of sp³-hybridized carbons (Fsp3) is 0.567. The Balaban J connectivity index is 1.10. The maximum absolute atomic E-state index is 14.4. The molecule has 0 radical (unpaired) electrons. The van der Waals surface area contributed by atoms with Gasteiger partial charge in [-0.15, -0.1) is 0 Å². The number of aryl methyl sites for hydroxylation is 1. The minimum Gasteiger partial charge on any atom is -0.492 e. The number of piperidine rings is 1. The summed E-state index contributed by atoms with van der Waals surface area (Å²) in [5.74, 6) is 2.53. The Morgan fingerprint density at radius 1 is 1.10 bits per heavy atom. The minimum absolute atomic E-state index is 0.258. The van der Waals surface area contributed by atoms with Crippen molar-refractivity contribution in [3.05, 3.63) is 59.0 Å². The molecular formula is C30H40F2N6O2. The first kappa shape index (κ1) is 28.3. The molecule has 40 heavy (non-hydrogen) atoms. The van der Waals surface area contributed by atoms with Gasteiger partial charge < -0.3 is 24.8 Å². The third-order valence-corrected chi connectivity index (χ3v) is 8.45. The highest BCUT2D eigenvalue weighted by molar-refractivity contribution is 5.51. The Morgan fingerprint density at radius 2 is 1.88 bits per heavy atom. The van der Waals surface area contributed by atoms with E-state index in [1.165, 1.54) is 6.07 Å². The highest BCUT2D eigenvalue weighted by Gasteiger charge is 2.34. The fourth-order valence-corrected chi connectivity index (χ4v) is 5.93. The molecule has 2 saturated heterocycles. The molecular weight excluding hydrogens is 514 g/mol. The van der Waals surface area contributed by atoms with Gasteiger partial charge in [-0.3, -0.25) is 0 Å². The number of ether oxygens (including phenoxy) is 1. The molecule has 2 fully saturated rings. The van der Waals surface area contributed by atoms with E-state index in [1.807, 2.05) is 17.9 Å². The molecule has 0 bridgehead atoms. The maximum Gasteiger partial charge on any atom is 0.324 e. The summed E-state index contributed by atoms with van der Waals surface area (Å²) in [4.78, 5) is 13.4. The van der Waals surface area contributed by atoms with Crippen LogP contribution in [0, 0.1) is 30.4 Å². The largest absolute Gasteiger partial charge is 0.492 e. The van der Waals surface area contributed by atoms with E-state index in [0.717, 1.165) is 67.4 Å². The first-order chi connectivity index (χ1) is 19.2. The van der Waals surface area contributed by atoms with Crippen molar-refractivity contribution in [3.8, 4) is 5.75 Å². The smallest absolute Gasteiger partial charge is 0.324 e. The van der Waals surface area contributed by atoms with Crippen molar-refractivity contribution in [2.45, 2.75) is 64.8 Å². The van der Waals surface area contributed by atoms with E-state index in [2.05, 4.69) is 40.8 Å². The Bertz CT molecular complexity index is 1290. The predicted octanol–water partition coefficient (Wildman–Crippen LogP) is 5.43. The molecule has 4 heterocycles. The standard InChI is InChI=1S/C30H40F2N6O2/c1-18(2)28-35-30(40-36-28)37-10-7-21(8-11-37)19(3)9-12-39-23-13-20(4)29(34-15-23)38-16-25(27(33)17-38)24-14-22(31)5-6-26(24)32/h5-6,13-15,18-19,21,25,27H,7-12,16-17,33H2,1-4H3/t19-,25+,27-/m1/s1. The van der Waals surface area contributed by atoms with Crippen LogP contribution in [0.25, 0.3) is 0 Å². The number of halogens is 2. The lowest BCUT2D eigenvalue weighted by atomic mass is 9.84. The Hall–Kier alpha value is -3.27. The number of anilines is 2. The number of aromatic nitrogens is 3. The average molecular weight is 555 g/mol. The summed E-state index contributed by atoms with van der Waals surface area (Å²) in [5, 5.41) is 4.09. The maximum atomic E-state index is 14.4. The average Bonchev–Trinajstić information content (AvgIpc) is 3.58. The third kappa shape index (κ3) is 6.22. The van der Waals surface area contributed by atoms with Crippen LogP contribution < -0.4 is 20.3 Å². The lowest BCUT2D eigenvalue weighted by molar-refractivity contribution is 0.220. The van der Waals surface area contributed by atoms with E-state index < -0.39 is 11.6 Å². The summed E-state index contributed by atoms with van der Waals surface area (Å²) in [7, 11) is 0. The van der Waals surface area contributed by atoms with Crippen molar-refractivity contribution in [1.29, 1.82) is 0 Å². The van der Waals surface area contributed by atoms with Gasteiger partial charge in [-0.1, -0.05) is 25.9 Å². The van der Waals surface area contributed by atoms with E-state index in [1.54, 1.807) is 6.20 Å². The molecule has 2 aliphatic rings. The second kappa shape index (κ2) is 12.1. The van der Waals surface area contributed by atoms with Gasteiger partial charge in [-0.25, -0.2) is 13.8 Å². The summed E-state index contributed by atoms with van der Waals surface area (Å²) in [6.45, 7) is 11.9. The van der Waals surface area contributed by atoms with Crippen LogP contribution in [0.4, 0.5) is 20.6 Å². The second-order valence-electron chi connectivity index (χ2n) is 11.7. The molecule has 1 aromatic carbocycles. The van der Waals surface area contributed by atoms with Crippen LogP contribution in [0.3, 0.4) is 0 Å². The number of hydrogen-bond donors (Lipinski definition) is 1. The summed E-state index contributed by atoms with van der Waals surface area (Å²) < 4.78 is 39.7. The van der Waals surface area contributed by atoms with Crippen molar-refractivity contribution in [2.75, 3.05) is 42.6 Å². The third-order valence-electron chi connectivity index (χ3n) is 8.45. The molecule has 2 aromatic heterocycles. The van der Waals surface area contributed by atoms with Crippen LogP contribution in [0.5, 0.6) is 5.75 Å². The molecule has 3 atom stereocenters. The van der Waals surface area contributed by atoms with Crippen LogP contribution in [-0.4, -0.2) is 54.0 Å². The molecule has 8 nitrogen and oxygen atoms in total. The lowest BCUT2D eigenvalue weighted by Gasteiger charge is -2.33. The van der Waals surface area contributed by atoms with E-state index in [-0.39, 0.29) is 17.9 Å². The number of nitrogens with two attached hydrogens (primary N) is 1. The first-order valence-corrected chi connectivity index (χ1v) is 14.3. The van der Waals surface area contributed by atoms with Gasteiger partial charge in [0.1, 0.15) is 23.2 Å². The van der Waals surface area contributed by atoms with Crippen molar-refractivity contribution in [1.82, 2.24) is 15.1 Å². The van der Waals surface area contributed by atoms with Gasteiger partial charge in [-0.2, -0.15) is 4.98 Å². The quantitative estimate of drug-likeness (QED) is 0.375. The van der Waals surface area contributed by atoms with E-state index in [0.29, 0.717) is 43.1 Å². The number of benzene rings is 1. The van der Waals surface area contributed by atoms with Gasteiger partial charge in [0.2, 0.25) is 0 Å². The van der Waals surface area contributed by atoms with Gasteiger partial charge in [0, 0.05) is 44.1 Å². The van der Waals surface area contributed by atoms with Gasteiger partial charge in [0.25, 0.3) is 0 Å². The molecule has 0 amide bonds. The van der Waals surface area contributed by atoms with Gasteiger partial charge in [0.15, 0.2) is 5.82 Å². The number of pyridine rings is 1. The van der Waals surface area contributed by atoms with Crippen molar-refractivity contribution in [2.24, 2.45) is 17.6 Å². The lowest BCUT2D eigenvalue weighted by Crippen LogP contribution is -2.36. The zero-order valence-corrected chi connectivity index (χ0v) is 23.8. The number of rotatable bonds is 9. The summed E-state index contributed by atoms with van der Waals surface area (Å²) in [6.07, 6.45) is 4.89. The SMILES string of the molecule is Cc1cc(OCC[C@@H](C)C2CCN(c3nc(C(C)C)no3)CC2)cnc1N1C[C@@H](N)[C@H](c2cc(F)ccc2F)C1. The van der Waals surface area contributed by atoms with Crippen LogP contribution in [0.15, 0.2) is 35.0 Å². The second-order valence-corrected chi connectivity index (χ2v) is 11.7. The molecule has 10 heteroatoms. The minimum atomic E-state index is -0.457. The topological polar surface area (TPSA) is 93.5 Å².